The number of aromatic nitrogens is 2. The van der Waals surface area contributed by atoms with Crippen LogP contribution in [0.2, 0.25) is 0 Å². The number of hydrogen-bond acceptors (Lipinski definition) is 4. The third-order valence-corrected chi connectivity index (χ3v) is 5.06. The Kier molecular flexibility index (Phi) is 6.09. The minimum Gasteiger partial charge on any atom is -0.435 e. The molecule has 0 spiro atoms. The molecule has 0 atom stereocenters. The molecule has 0 fully saturated rings. The van der Waals surface area contributed by atoms with Crippen LogP contribution in [0.5, 0.6) is 5.75 Å². The number of ether oxygens (including phenoxy) is 1. The number of halogens is 2. The number of nitrogens with zero attached hydrogens (tertiary/aromatic N) is 1. The lowest BCUT2D eigenvalue weighted by molar-refractivity contribution is -0.0498. The molecule has 0 saturated carbocycles. The highest BCUT2D eigenvalue weighted by atomic mass is 32.1. The zero-order valence-corrected chi connectivity index (χ0v) is 17.4. The fraction of sp³-hybridized carbons (Fsp3) is 0.0870. The van der Waals surface area contributed by atoms with Crippen LogP contribution in [0.15, 0.2) is 77.6 Å². The van der Waals surface area contributed by atoms with Crippen molar-refractivity contribution in [3.05, 3.63) is 99.0 Å². The number of rotatable bonds is 6. The molecule has 1 aromatic heterocycles. The first-order valence-corrected chi connectivity index (χ1v) is 9.99. The van der Waals surface area contributed by atoms with Crippen molar-refractivity contribution in [1.29, 1.82) is 0 Å². The third-order valence-electron chi connectivity index (χ3n) is 4.78. The minimum atomic E-state index is -2.89. The fourth-order valence-electron chi connectivity index (χ4n) is 3.24. The Bertz CT molecular complexity index is 1380. The first-order chi connectivity index (χ1) is 15.4. The number of hydrogen-bond donors (Lipinski definition) is 2. The van der Waals surface area contributed by atoms with Gasteiger partial charge >= 0.3 is 6.61 Å². The maximum Gasteiger partial charge on any atom is 0.387 e. The summed E-state index contributed by atoms with van der Waals surface area (Å²) in [7, 11) is 0. The number of para-hydroxylation sites is 1. The van der Waals surface area contributed by atoms with Gasteiger partial charge in [0.25, 0.3) is 11.5 Å². The van der Waals surface area contributed by atoms with E-state index in [4.69, 9.17) is 12.2 Å². The first-order valence-electron chi connectivity index (χ1n) is 9.59. The molecule has 0 bridgehead atoms. The number of benzene rings is 3. The van der Waals surface area contributed by atoms with Gasteiger partial charge in [-0.15, -0.1) is 0 Å². The van der Waals surface area contributed by atoms with E-state index in [2.05, 4.69) is 15.0 Å². The van der Waals surface area contributed by atoms with Gasteiger partial charge in [0.2, 0.25) is 0 Å². The van der Waals surface area contributed by atoms with Crippen molar-refractivity contribution in [2.24, 2.45) is 0 Å². The Hall–Kier alpha value is -3.85. The molecule has 6 nitrogen and oxygen atoms in total. The number of carbonyl (C=O) groups is 1. The van der Waals surface area contributed by atoms with E-state index in [0.717, 1.165) is 0 Å². The Balaban J connectivity index is 1.54. The average molecular weight is 453 g/mol. The van der Waals surface area contributed by atoms with Crippen molar-refractivity contribution in [3.8, 4) is 11.4 Å². The van der Waals surface area contributed by atoms with Crippen molar-refractivity contribution in [2.45, 2.75) is 13.2 Å². The summed E-state index contributed by atoms with van der Waals surface area (Å²) < 4.78 is 30.4. The molecule has 2 N–H and O–H groups in total. The second kappa shape index (κ2) is 9.11. The Morgan fingerprint density at radius 1 is 1.06 bits per heavy atom. The zero-order valence-electron chi connectivity index (χ0n) is 16.5. The van der Waals surface area contributed by atoms with E-state index in [9.17, 15) is 18.4 Å². The van der Waals surface area contributed by atoms with Gasteiger partial charge in [0, 0.05) is 12.1 Å². The van der Waals surface area contributed by atoms with E-state index in [1.807, 2.05) is 18.2 Å². The summed E-state index contributed by atoms with van der Waals surface area (Å²) in [5.41, 5.74) is 1.87. The molecule has 0 radical (unpaired) electrons. The lowest BCUT2D eigenvalue weighted by atomic mass is 10.1. The lowest BCUT2D eigenvalue weighted by Gasteiger charge is -2.10. The summed E-state index contributed by atoms with van der Waals surface area (Å²) in [5, 5.41) is 3.15. The number of amides is 1. The van der Waals surface area contributed by atoms with Crippen LogP contribution in [0.1, 0.15) is 15.9 Å². The molecule has 0 aliphatic rings. The van der Waals surface area contributed by atoms with Crippen molar-refractivity contribution >= 4 is 29.0 Å². The van der Waals surface area contributed by atoms with Crippen LogP contribution in [0.4, 0.5) is 8.78 Å². The molecule has 4 rings (SSSR count). The van der Waals surface area contributed by atoms with Gasteiger partial charge in [0.15, 0.2) is 4.77 Å². The van der Waals surface area contributed by atoms with Crippen LogP contribution in [0.3, 0.4) is 0 Å². The lowest BCUT2D eigenvalue weighted by Crippen LogP contribution is -2.24. The normalized spacial score (nSPS) is 11.0. The second-order valence-corrected chi connectivity index (χ2v) is 7.26. The monoisotopic (exact) mass is 453 g/mol. The van der Waals surface area contributed by atoms with Gasteiger partial charge in [-0.3, -0.25) is 14.2 Å². The maximum absolute atomic E-state index is 13.0. The third kappa shape index (κ3) is 4.57. The second-order valence-electron chi connectivity index (χ2n) is 6.87. The van der Waals surface area contributed by atoms with Crippen LogP contribution < -0.4 is 15.6 Å². The largest absolute Gasteiger partial charge is 0.435 e. The van der Waals surface area contributed by atoms with Crippen LogP contribution >= 0.6 is 12.2 Å². The summed E-state index contributed by atoms with van der Waals surface area (Å²) in [5.74, 6) is -0.313. The van der Waals surface area contributed by atoms with Gasteiger partial charge in [0.05, 0.1) is 16.6 Å². The van der Waals surface area contributed by atoms with E-state index in [1.54, 1.807) is 42.5 Å². The predicted octanol–water partition coefficient (Wildman–Crippen LogP) is 4.58. The first kappa shape index (κ1) is 21.4. The van der Waals surface area contributed by atoms with Gasteiger partial charge in [-0.05, 0) is 60.2 Å². The minimum absolute atomic E-state index is 0.0426. The van der Waals surface area contributed by atoms with Crippen LogP contribution in [-0.2, 0) is 6.54 Å². The van der Waals surface area contributed by atoms with Crippen LogP contribution in [-0.4, -0.2) is 22.1 Å². The molecule has 162 valence electrons. The smallest absolute Gasteiger partial charge is 0.387 e. The van der Waals surface area contributed by atoms with Crippen molar-refractivity contribution in [2.75, 3.05) is 0 Å². The molecule has 3 aromatic carbocycles. The molecule has 1 heterocycles. The van der Waals surface area contributed by atoms with E-state index < -0.39 is 6.61 Å². The predicted molar refractivity (Wildman–Crippen MR) is 119 cm³/mol. The van der Waals surface area contributed by atoms with E-state index >= 15 is 0 Å². The van der Waals surface area contributed by atoms with Gasteiger partial charge in [0.1, 0.15) is 5.75 Å². The van der Waals surface area contributed by atoms with Gasteiger partial charge in [-0.1, -0.05) is 30.3 Å². The standard InChI is InChI=1S/C23H17F2N3O3S/c24-22(25)31-17-9-6-14(7-10-17)13-26-20(29)15-8-11-18-19(12-15)27-23(32)28(21(18)30)16-4-2-1-3-5-16/h1-12,22H,13H2,(H,26,29)(H,27,32). The van der Waals surface area contributed by atoms with Gasteiger partial charge in [-0.2, -0.15) is 8.78 Å². The molecule has 0 aliphatic heterocycles. The highest BCUT2D eigenvalue weighted by Gasteiger charge is 2.11. The molecule has 1 amide bonds. The molecule has 32 heavy (non-hydrogen) atoms. The van der Waals surface area contributed by atoms with Gasteiger partial charge in [-0.25, -0.2) is 0 Å². The highest BCUT2D eigenvalue weighted by molar-refractivity contribution is 7.71. The van der Waals surface area contributed by atoms with Crippen LogP contribution in [0, 0.1) is 4.77 Å². The van der Waals surface area contributed by atoms with E-state index in [-0.39, 0.29) is 28.5 Å². The summed E-state index contributed by atoms with van der Waals surface area (Å²) in [6.45, 7) is -2.70. The van der Waals surface area contributed by atoms with Crippen molar-refractivity contribution < 1.29 is 18.3 Å². The number of H-pyrrole nitrogens is 1. The zero-order chi connectivity index (χ0) is 22.7. The maximum atomic E-state index is 13.0. The van der Waals surface area contributed by atoms with Gasteiger partial charge < -0.3 is 15.0 Å². The summed E-state index contributed by atoms with van der Waals surface area (Å²) in [6.07, 6.45) is 0. The summed E-state index contributed by atoms with van der Waals surface area (Å²) in [4.78, 5) is 28.5. The number of alkyl halides is 2. The molecule has 0 saturated heterocycles. The molecular formula is C23H17F2N3O3S. The Labute approximate surface area is 186 Å². The Morgan fingerprint density at radius 3 is 2.47 bits per heavy atom. The fourth-order valence-corrected chi connectivity index (χ4v) is 3.54. The average Bonchev–Trinajstić information content (AvgIpc) is 2.78. The number of nitrogens with one attached hydrogen (secondary N) is 2. The summed E-state index contributed by atoms with van der Waals surface area (Å²) >= 11 is 5.36. The molecule has 9 heteroatoms. The quantitative estimate of drug-likeness (QED) is 0.419. The number of aromatic amines is 1. The molecule has 0 aliphatic carbocycles. The topological polar surface area (TPSA) is 76.1 Å². The number of carbonyl (C=O) groups excluding carboxylic acids is 1. The van der Waals surface area contributed by atoms with E-state index in [0.29, 0.717) is 27.7 Å². The highest BCUT2D eigenvalue weighted by Crippen LogP contribution is 2.16. The molecule has 0 unspecified atom stereocenters. The number of fused-ring (bicyclic) bond motifs is 1. The van der Waals surface area contributed by atoms with Crippen molar-refractivity contribution in [3.63, 3.8) is 0 Å². The Morgan fingerprint density at radius 2 is 1.78 bits per heavy atom. The molecule has 4 aromatic rings. The molecular weight excluding hydrogens is 436 g/mol. The summed E-state index contributed by atoms with van der Waals surface area (Å²) in [6, 6.07) is 19.7. The van der Waals surface area contributed by atoms with E-state index in [1.165, 1.54) is 16.7 Å². The van der Waals surface area contributed by atoms with Crippen LogP contribution in [0.25, 0.3) is 16.6 Å². The van der Waals surface area contributed by atoms with Crippen molar-refractivity contribution in [1.82, 2.24) is 14.9 Å². The SMILES string of the molecule is O=C(NCc1ccc(OC(F)F)cc1)c1ccc2c(=O)n(-c3ccccc3)c(=S)[nH]c2c1.